The van der Waals surface area contributed by atoms with Crippen LogP contribution in [0.2, 0.25) is 13.1 Å². The van der Waals surface area contributed by atoms with Crippen LogP contribution < -0.4 is 0 Å². The molecular weight excluding hydrogens is 195 g/mol. The molecule has 0 bridgehead atoms. The maximum absolute atomic E-state index is 13.5. The quantitative estimate of drug-likeness (QED) is 0.547. The monoisotopic (exact) mass is 208 g/mol. The molecule has 0 fully saturated rings. The molecular formula is C11H13FOSi. The fourth-order valence-corrected chi connectivity index (χ4v) is 1.57. The maximum Gasteiger partial charge on any atom is 0.171 e. The van der Waals surface area contributed by atoms with Gasteiger partial charge in [-0.1, -0.05) is 18.1 Å². The highest BCUT2D eigenvalue weighted by Gasteiger charge is 2.06. The van der Waals surface area contributed by atoms with Gasteiger partial charge in [-0.05, 0) is 19.2 Å². The first-order chi connectivity index (χ1) is 6.65. The first-order valence-corrected chi connectivity index (χ1v) is 7.29. The number of benzene rings is 1. The number of hydrogen-bond donors (Lipinski definition) is 0. The van der Waals surface area contributed by atoms with E-state index in [1.165, 1.54) is 0 Å². The molecule has 0 spiro atoms. The zero-order valence-electron chi connectivity index (χ0n) is 8.38. The summed E-state index contributed by atoms with van der Waals surface area (Å²) < 4.78 is 19.0. The van der Waals surface area contributed by atoms with E-state index in [4.69, 9.17) is 10.8 Å². The van der Waals surface area contributed by atoms with Gasteiger partial charge in [0.1, 0.15) is 5.82 Å². The Balaban J connectivity index is 2.83. The first-order valence-electron chi connectivity index (χ1n) is 4.50. The minimum atomic E-state index is -1.10. The summed E-state index contributed by atoms with van der Waals surface area (Å²) in [4.78, 5) is 0. The van der Waals surface area contributed by atoms with Gasteiger partial charge in [0.05, 0.1) is 12.2 Å². The Morgan fingerprint density at radius 2 is 2.21 bits per heavy atom. The maximum atomic E-state index is 13.5. The van der Waals surface area contributed by atoms with Crippen LogP contribution in [0.3, 0.4) is 0 Å². The molecule has 0 heterocycles. The van der Waals surface area contributed by atoms with Gasteiger partial charge in [0.15, 0.2) is 9.04 Å². The summed E-state index contributed by atoms with van der Waals surface area (Å²) in [6, 6.07) is 5.04. The Hall–Kier alpha value is -1.11. The third-order valence-corrected chi connectivity index (χ3v) is 2.64. The summed E-state index contributed by atoms with van der Waals surface area (Å²) in [6.07, 6.45) is 5.15. The molecule has 1 aromatic rings. The van der Waals surface area contributed by atoms with E-state index in [9.17, 15) is 4.39 Å². The second-order valence-electron chi connectivity index (χ2n) is 3.28. The predicted molar refractivity (Wildman–Crippen MR) is 58.0 cm³/mol. The van der Waals surface area contributed by atoms with Crippen LogP contribution in [-0.4, -0.2) is 9.04 Å². The fraction of sp³-hybridized carbons (Fsp3) is 0.273. The summed E-state index contributed by atoms with van der Waals surface area (Å²) in [6.45, 7) is 4.41. The van der Waals surface area contributed by atoms with E-state index in [-0.39, 0.29) is 5.82 Å². The van der Waals surface area contributed by atoms with E-state index in [1.54, 1.807) is 18.2 Å². The predicted octanol–water partition coefficient (Wildman–Crippen LogP) is 2.31. The van der Waals surface area contributed by atoms with Gasteiger partial charge in [-0.15, -0.1) is 6.42 Å². The molecule has 0 atom stereocenters. The average molecular weight is 208 g/mol. The molecule has 0 aromatic heterocycles. The van der Waals surface area contributed by atoms with Crippen LogP contribution in [0.5, 0.6) is 0 Å². The van der Waals surface area contributed by atoms with Gasteiger partial charge in [0.2, 0.25) is 0 Å². The lowest BCUT2D eigenvalue weighted by atomic mass is 10.1. The SMILES string of the molecule is C#Cc1cccc(CO[SiH](C)C)c1F. The summed E-state index contributed by atoms with van der Waals surface area (Å²) >= 11 is 0. The van der Waals surface area contributed by atoms with Crippen molar-refractivity contribution in [3.8, 4) is 12.3 Å². The smallest absolute Gasteiger partial charge is 0.171 e. The van der Waals surface area contributed by atoms with Gasteiger partial charge in [0.25, 0.3) is 0 Å². The molecule has 0 aliphatic rings. The van der Waals surface area contributed by atoms with Crippen LogP contribution in [-0.2, 0) is 11.0 Å². The molecule has 3 heteroatoms. The number of hydrogen-bond acceptors (Lipinski definition) is 1. The Labute approximate surface area is 85.6 Å². The van der Waals surface area contributed by atoms with Crippen LogP contribution in [0, 0.1) is 18.2 Å². The van der Waals surface area contributed by atoms with E-state index in [0.717, 1.165) is 0 Å². The molecule has 14 heavy (non-hydrogen) atoms. The van der Waals surface area contributed by atoms with Gasteiger partial charge < -0.3 is 4.43 Å². The minimum absolute atomic E-state index is 0.302. The van der Waals surface area contributed by atoms with Crippen LogP contribution in [0.1, 0.15) is 11.1 Å². The van der Waals surface area contributed by atoms with Crippen molar-refractivity contribution < 1.29 is 8.82 Å². The van der Waals surface area contributed by atoms with E-state index in [1.807, 2.05) is 13.1 Å². The van der Waals surface area contributed by atoms with Crippen LogP contribution in [0.15, 0.2) is 18.2 Å². The lowest BCUT2D eigenvalue weighted by Crippen LogP contribution is -2.08. The van der Waals surface area contributed by atoms with Gasteiger partial charge in [-0.3, -0.25) is 0 Å². The summed E-state index contributed by atoms with van der Waals surface area (Å²) in [5, 5.41) is 0. The van der Waals surface area contributed by atoms with Crippen molar-refractivity contribution in [1.29, 1.82) is 0 Å². The largest absolute Gasteiger partial charge is 0.416 e. The van der Waals surface area contributed by atoms with Gasteiger partial charge >= 0.3 is 0 Å². The number of rotatable bonds is 3. The number of halogens is 1. The second kappa shape index (κ2) is 4.94. The highest BCUT2D eigenvalue weighted by molar-refractivity contribution is 6.48. The van der Waals surface area contributed by atoms with E-state index in [0.29, 0.717) is 17.7 Å². The van der Waals surface area contributed by atoms with Crippen molar-refractivity contribution >= 4 is 9.04 Å². The van der Waals surface area contributed by atoms with Crippen molar-refractivity contribution in [3.63, 3.8) is 0 Å². The summed E-state index contributed by atoms with van der Waals surface area (Å²) in [7, 11) is -1.10. The zero-order chi connectivity index (χ0) is 10.6. The molecule has 1 nitrogen and oxygen atoms in total. The minimum Gasteiger partial charge on any atom is -0.416 e. The topological polar surface area (TPSA) is 9.23 Å². The van der Waals surface area contributed by atoms with E-state index >= 15 is 0 Å². The Morgan fingerprint density at radius 1 is 1.50 bits per heavy atom. The molecule has 0 amide bonds. The Morgan fingerprint density at radius 3 is 2.79 bits per heavy atom. The molecule has 0 aliphatic carbocycles. The fourth-order valence-electron chi connectivity index (χ4n) is 1.06. The molecule has 74 valence electrons. The van der Waals surface area contributed by atoms with Crippen molar-refractivity contribution in [1.82, 2.24) is 0 Å². The number of terminal acetylenes is 1. The van der Waals surface area contributed by atoms with Crippen LogP contribution in [0.4, 0.5) is 4.39 Å². The normalized spacial score (nSPS) is 10.2. The molecule has 1 aromatic carbocycles. The molecule has 0 unspecified atom stereocenters. The van der Waals surface area contributed by atoms with Gasteiger partial charge in [-0.25, -0.2) is 4.39 Å². The van der Waals surface area contributed by atoms with Crippen molar-refractivity contribution in [2.45, 2.75) is 19.7 Å². The van der Waals surface area contributed by atoms with E-state index in [2.05, 4.69) is 5.92 Å². The molecule has 0 N–H and O–H groups in total. The standard InChI is InChI=1S/C11H13FOSi/c1-4-9-6-5-7-10(11(9)12)8-13-14(2)3/h1,5-7,14H,8H2,2-3H3. The lowest BCUT2D eigenvalue weighted by Gasteiger charge is -2.08. The highest BCUT2D eigenvalue weighted by atomic mass is 28.3. The van der Waals surface area contributed by atoms with Crippen LogP contribution >= 0.6 is 0 Å². The molecule has 0 saturated heterocycles. The molecule has 1 rings (SSSR count). The third-order valence-electron chi connectivity index (χ3n) is 1.81. The van der Waals surface area contributed by atoms with E-state index < -0.39 is 9.04 Å². The Kier molecular flexibility index (Phi) is 3.87. The Bertz CT molecular complexity index is 355. The summed E-state index contributed by atoms with van der Waals surface area (Å²) in [5.41, 5.74) is 0.846. The molecule has 0 saturated carbocycles. The zero-order valence-corrected chi connectivity index (χ0v) is 9.53. The second-order valence-corrected chi connectivity index (χ2v) is 5.71. The first kappa shape index (κ1) is 11.0. The molecule has 0 aliphatic heterocycles. The summed E-state index contributed by atoms with van der Waals surface area (Å²) in [5.74, 6) is 1.98. The average Bonchev–Trinajstić information content (AvgIpc) is 2.16. The van der Waals surface area contributed by atoms with Crippen molar-refractivity contribution in [2.24, 2.45) is 0 Å². The van der Waals surface area contributed by atoms with Crippen molar-refractivity contribution in [2.75, 3.05) is 0 Å². The lowest BCUT2D eigenvalue weighted by molar-refractivity contribution is 0.307. The highest BCUT2D eigenvalue weighted by Crippen LogP contribution is 2.13. The molecule has 0 radical (unpaired) electrons. The van der Waals surface area contributed by atoms with Gasteiger partial charge in [-0.2, -0.15) is 0 Å². The third kappa shape index (κ3) is 2.69. The van der Waals surface area contributed by atoms with Gasteiger partial charge in [0, 0.05) is 5.56 Å². The van der Waals surface area contributed by atoms with Crippen LogP contribution in [0.25, 0.3) is 0 Å². The van der Waals surface area contributed by atoms with Crippen molar-refractivity contribution in [3.05, 3.63) is 35.1 Å².